The van der Waals surface area contributed by atoms with Gasteiger partial charge < -0.3 is 15.3 Å². The van der Waals surface area contributed by atoms with Gasteiger partial charge in [0.15, 0.2) is 0 Å². The van der Waals surface area contributed by atoms with Gasteiger partial charge in [0.25, 0.3) is 5.91 Å². The van der Waals surface area contributed by atoms with Crippen molar-refractivity contribution in [2.75, 3.05) is 7.05 Å². The molecule has 1 heterocycles. The van der Waals surface area contributed by atoms with Crippen LogP contribution in [0, 0.1) is 11.6 Å². The molecule has 130 valence electrons. The number of benzene rings is 2. The van der Waals surface area contributed by atoms with Crippen LogP contribution in [0.25, 0.3) is 0 Å². The van der Waals surface area contributed by atoms with Crippen LogP contribution in [-0.4, -0.2) is 34.9 Å². The van der Waals surface area contributed by atoms with Gasteiger partial charge in [-0.25, -0.2) is 8.78 Å². The molecule has 0 aliphatic carbocycles. The number of likely N-dealkylation sites (tertiary alicyclic amines) is 1. The number of carbonyl (C=O) groups is 2. The van der Waals surface area contributed by atoms with Gasteiger partial charge in [0, 0.05) is 19.5 Å². The van der Waals surface area contributed by atoms with Gasteiger partial charge in [-0.3, -0.25) is 9.59 Å². The fourth-order valence-corrected chi connectivity index (χ4v) is 3.05. The van der Waals surface area contributed by atoms with Crippen molar-refractivity contribution in [2.24, 2.45) is 0 Å². The van der Waals surface area contributed by atoms with E-state index < -0.39 is 29.6 Å². The van der Waals surface area contributed by atoms with Crippen molar-refractivity contribution in [3.8, 4) is 5.75 Å². The Balaban J connectivity index is 1.85. The maximum atomic E-state index is 13.9. The number of phenolic OH excluding ortho intramolecular Hbond substituents is 1. The van der Waals surface area contributed by atoms with E-state index in [1.807, 2.05) is 0 Å². The van der Waals surface area contributed by atoms with Crippen molar-refractivity contribution in [3.63, 3.8) is 0 Å². The van der Waals surface area contributed by atoms with Crippen LogP contribution in [0.3, 0.4) is 0 Å². The second-order valence-corrected chi connectivity index (χ2v) is 5.95. The van der Waals surface area contributed by atoms with E-state index in [0.29, 0.717) is 5.56 Å². The maximum Gasteiger partial charge on any atom is 0.254 e. The van der Waals surface area contributed by atoms with Gasteiger partial charge in [-0.05, 0) is 29.8 Å². The molecule has 1 aliphatic rings. The van der Waals surface area contributed by atoms with Crippen LogP contribution < -0.4 is 5.32 Å². The van der Waals surface area contributed by atoms with Crippen molar-refractivity contribution >= 4 is 11.8 Å². The highest BCUT2D eigenvalue weighted by molar-refractivity contribution is 5.95. The van der Waals surface area contributed by atoms with Gasteiger partial charge in [-0.1, -0.05) is 12.1 Å². The first-order valence-electron chi connectivity index (χ1n) is 7.67. The molecule has 0 spiro atoms. The Morgan fingerprint density at radius 1 is 1.20 bits per heavy atom. The van der Waals surface area contributed by atoms with Crippen molar-refractivity contribution in [1.82, 2.24) is 10.2 Å². The van der Waals surface area contributed by atoms with E-state index in [1.165, 1.54) is 29.2 Å². The minimum absolute atomic E-state index is 0.0595. The SMILES string of the molecule is CN1C(=O)C[C@@H](NC(=O)c2ccc(O)cc2F)[C@H]1c1ccc(F)cc1. The molecule has 0 saturated carbocycles. The lowest BCUT2D eigenvalue weighted by molar-refractivity contribution is -0.127. The smallest absolute Gasteiger partial charge is 0.254 e. The zero-order valence-corrected chi connectivity index (χ0v) is 13.4. The van der Waals surface area contributed by atoms with Crippen molar-refractivity contribution in [2.45, 2.75) is 18.5 Å². The fourth-order valence-electron chi connectivity index (χ4n) is 3.05. The van der Waals surface area contributed by atoms with E-state index in [4.69, 9.17) is 0 Å². The summed E-state index contributed by atoms with van der Waals surface area (Å²) in [6.45, 7) is 0. The van der Waals surface area contributed by atoms with Crippen LogP contribution in [0.1, 0.15) is 28.4 Å². The van der Waals surface area contributed by atoms with Crippen molar-refractivity contribution in [1.29, 1.82) is 0 Å². The topological polar surface area (TPSA) is 69.6 Å². The van der Waals surface area contributed by atoms with Crippen molar-refractivity contribution < 1.29 is 23.5 Å². The van der Waals surface area contributed by atoms with Crippen LogP contribution in [0.4, 0.5) is 8.78 Å². The number of carbonyl (C=O) groups excluding carboxylic acids is 2. The third kappa shape index (κ3) is 3.31. The summed E-state index contributed by atoms with van der Waals surface area (Å²) in [4.78, 5) is 25.9. The normalized spacial score (nSPS) is 20.0. The summed E-state index contributed by atoms with van der Waals surface area (Å²) in [5, 5.41) is 11.9. The summed E-state index contributed by atoms with van der Waals surface area (Å²) in [6.07, 6.45) is 0.0595. The number of hydrogen-bond donors (Lipinski definition) is 2. The molecule has 7 heteroatoms. The van der Waals surface area contributed by atoms with Crippen LogP contribution >= 0.6 is 0 Å². The summed E-state index contributed by atoms with van der Waals surface area (Å²) in [6, 6.07) is 7.84. The molecule has 1 fully saturated rings. The average molecular weight is 346 g/mol. The molecule has 2 atom stereocenters. The zero-order chi connectivity index (χ0) is 18.1. The van der Waals surface area contributed by atoms with E-state index in [2.05, 4.69) is 5.32 Å². The first-order chi connectivity index (χ1) is 11.9. The predicted molar refractivity (Wildman–Crippen MR) is 85.8 cm³/mol. The zero-order valence-electron chi connectivity index (χ0n) is 13.4. The number of halogens is 2. The molecule has 0 aromatic heterocycles. The summed E-state index contributed by atoms with van der Waals surface area (Å²) < 4.78 is 27.0. The predicted octanol–water partition coefficient (Wildman–Crippen LogP) is 2.37. The van der Waals surface area contributed by atoms with Crippen LogP contribution in [0.2, 0.25) is 0 Å². The highest BCUT2D eigenvalue weighted by atomic mass is 19.1. The molecule has 1 aliphatic heterocycles. The number of nitrogens with zero attached hydrogens (tertiary/aromatic N) is 1. The average Bonchev–Trinajstić information content (AvgIpc) is 2.82. The molecule has 2 aromatic carbocycles. The number of rotatable bonds is 3. The lowest BCUT2D eigenvalue weighted by atomic mass is 9.99. The Labute approximate surface area is 142 Å². The number of likely N-dealkylation sites (N-methyl/N-ethyl adjacent to an activating group) is 1. The van der Waals surface area contributed by atoms with Crippen LogP contribution in [0.15, 0.2) is 42.5 Å². The molecule has 2 N–H and O–H groups in total. The lowest BCUT2D eigenvalue weighted by Gasteiger charge is -2.26. The molecule has 5 nitrogen and oxygen atoms in total. The molecule has 25 heavy (non-hydrogen) atoms. The second-order valence-electron chi connectivity index (χ2n) is 5.95. The van der Waals surface area contributed by atoms with Gasteiger partial charge in [-0.2, -0.15) is 0 Å². The summed E-state index contributed by atoms with van der Waals surface area (Å²) in [7, 11) is 1.60. The third-order valence-corrected chi connectivity index (χ3v) is 4.31. The molecule has 0 unspecified atom stereocenters. The highest BCUT2D eigenvalue weighted by Gasteiger charge is 2.39. The van der Waals surface area contributed by atoms with Crippen LogP contribution in [-0.2, 0) is 4.79 Å². The molecular weight excluding hydrogens is 330 g/mol. The van der Waals surface area contributed by atoms with Gasteiger partial charge in [0.05, 0.1) is 17.6 Å². The molecule has 2 aromatic rings. The standard InChI is InChI=1S/C18H16F2N2O3/c1-22-16(24)9-15(17(22)10-2-4-11(19)5-3-10)21-18(25)13-7-6-12(23)8-14(13)20/h2-8,15,17,23H,9H2,1H3,(H,21,25)/t15-,17-/m1/s1. The van der Waals surface area contributed by atoms with Gasteiger partial charge in [0.1, 0.15) is 17.4 Å². The molecular formula is C18H16F2N2O3. The van der Waals surface area contributed by atoms with E-state index in [0.717, 1.165) is 6.07 Å². The largest absolute Gasteiger partial charge is 0.508 e. The van der Waals surface area contributed by atoms with Gasteiger partial charge in [-0.15, -0.1) is 0 Å². The molecule has 2 amide bonds. The van der Waals surface area contributed by atoms with Gasteiger partial charge >= 0.3 is 0 Å². The third-order valence-electron chi connectivity index (χ3n) is 4.31. The minimum atomic E-state index is -0.853. The number of aromatic hydroxyl groups is 1. The molecule has 0 radical (unpaired) electrons. The summed E-state index contributed by atoms with van der Waals surface area (Å²) >= 11 is 0. The Hall–Kier alpha value is -2.96. The summed E-state index contributed by atoms with van der Waals surface area (Å²) in [5.74, 6) is -2.39. The second kappa shape index (κ2) is 6.51. The van der Waals surface area contributed by atoms with E-state index in [9.17, 15) is 23.5 Å². The van der Waals surface area contributed by atoms with Crippen LogP contribution in [0.5, 0.6) is 5.75 Å². The summed E-state index contributed by atoms with van der Waals surface area (Å²) in [5.41, 5.74) is 0.448. The number of hydrogen-bond acceptors (Lipinski definition) is 3. The minimum Gasteiger partial charge on any atom is -0.508 e. The van der Waals surface area contributed by atoms with Gasteiger partial charge in [0.2, 0.25) is 5.91 Å². The monoisotopic (exact) mass is 346 g/mol. The Bertz CT molecular complexity index is 824. The fraction of sp³-hybridized carbons (Fsp3) is 0.222. The highest BCUT2D eigenvalue weighted by Crippen LogP contribution is 2.32. The first kappa shape index (κ1) is 16.9. The Morgan fingerprint density at radius 3 is 2.52 bits per heavy atom. The lowest BCUT2D eigenvalue weighted by Crippen LogP contribution is -2.39. The number of amides is 2. The number of phenols is 1. The molecule has 0 bridgehead atoms. The maximum absolute atomic E-state index is 13.9. The number of nitrogens with one attached hydrogen (secondary N) is 1. The van der Waals surface area contributed by atoms with E-state index >= 15 is 0 Å². The first-order valence-corrected chi connectivity index (χ1v) is 7.67. The van der Waals surface area contributed by atoms with Crippen molar-refractivity contribution in [3.05, 3.63) is 65.2 Å². The Kier molecular flexibility index (Phi) is 4.39. The van der Waals surface area contributed by atoms with E-state index in [-0.39, 0.29) is 23.6 Å². The van der Waals surface area contributed by atoms with E-state index in [1.54, 1.807) is 19.2 Å². The molecule has 1 saturated heterocycles. The molecule has 3 rings (SSSR count). The Morgan fingerprint density at radius 2 is 1.88 bits per heavy atom. The quantitative estimate of drug-likeness (QED) is 0.896.